The molecule has 0 radical (unpaired) electrons. The Kier molecular flexibility index (Phi) is 3.76. The number of esters is 1. The number of benzene rings is 1. The molecule has 110 valence electrons. The predicted molar refractivity (Wildman–Crippen MR) is 85.2 cm³/mol. The van der Waals surface area contributed by atoms with Gasteiger partial charge in [-0.25, -0.2) is 0 Å². The number of anilines is 1. The van der Waals surface area contributed by atoms with E-state index in [0.717, 1.165) is 40.1 Å². The molecule has 0 saturated heterocycles. The van der Waals surface area contributed by atoms with Crippen molar-refractivity contribution in [2.75, 3.05) is 18.6 Å². The Bertz CT molecular complexity index is 683. The van der Waals surface area contributed by atoms with E-state index < -0.39 is 0 Å². The largest absolute Gasteiger partial charge is 0.469 e. The number of rotatable bonds is 5. The molecule has 0 aliphatic heterocycles. The van der Waals surface area contributed by atoms with Crippen LogP contribution in [0.4, 0.5) is 5.69 Å². The number of carbonyl (C=O) groups is 1. The molecule has 1 fully saturated rings. The lowest BCUT2D eigenvalue weighted by molar-refractivity contribution is -0.141. The number of nitrogens with two attached hydrogens (primary N) is 1. The molecule has 1 heterocycles. The van der Waals surface area contributed by atoms with Gasteiger partial charge in [0.1, 0.15) is 0 Å². The third kappa shape index (κ3) is 2.97. The smallest absolute Gasteiger partial charge is 0.306 e. The van der Waals surface area contributed by atoms with E-state index in [1.807, 2.05) is 24.3 Å². The monoisotopic (exact) mass is 302 g/mol. The first kappa shape index (κ1) is 14.2. The Labute approximate surface area is 128 Å². The third-order valence-corrected chi connectivity index (χ3v) is 5.40. The molecule has 0 atom stereocenters. The molecule has 0 unspecified atom stereocenters. The third-order valence-electron chi connectivity index (χ3n) is 4.00. The standard InChI is InChI=1S/C16H18N2O2S/c1-20-14(19)9-16(6-7-16)10-21-13-5-4-12(17)11-3-2-8-18-15(11)13/h2-5,8H,6-7,9-10,17H2,1H3. The molecule has 0 bridgehead atoms. The van der Waals surface area contributed by atoms with E-state index >= 15 is 0 Å². The minimum atomic E-state index is -0.117. The summed E-state index contributed by atoms with van der Waals surface area (Å²) in [7, 11) is 1.45. The van der Waals surface area contributed by atoms with Crippen molar-refractivity contribution in [2.24, 2.45) is 5.41 Å². The van der Waals surface area contributed by atoms with E-state index in [0.29, 0.717) is 6.42 Å². The fourth-order valence-electron chi connectivity index (χ4n) is 2.44. The van der Waals surface area contributed by atoms with Gasteiger partial charge in [0.25, 0.3) is 0 Å². The average molecular weight is 302 g/mol. The summed E-state index contributed by atoms with van der Waals surface area (Å²) in [6.07, 6.45) is 4.48. The van der Waals surface area contributed by atoms with Crippen LogP contribution in [0.25, 0.3) is 10.9 Å². The van der Waals surface area contributed by atoms with E-state index in [1.165, 1.54) is 7.11 Å². The van der Waals surface area contributed by atoms with Gasteiger partial charge in [-0.05, 0) is 42.5 Å². The molecule has 1 aromatic carbocycles. The number of hydrogen-bond acceptors (Lipinski definition) is 5. The van der Waals surface area contributed by atoms with E-state index in [9.17, 15) is 4.79 Å². The maximum absolute atomic E-state index is 11.5. The second-order valence-electron chi connectivity index (χ2n) is 5.59. The van der Waals surface area contributed by atoms with Crippen LogP contribution < -0.4 is 5.73 Å². The van der Waals surface area contributed by atoms with Crippen LogP contribution in [-0.4, -0.2) is 23.8 Å². The first-order valence-electron chi connectivity index (χ1n) is 6.96. The van der Waals surface area contributed by atoms with Crippen molar-refractivity contribution in [3.8, 4) is 0 Å². The van der Waals surface area contributed by atoms with E-state index in [2.05, 4.69) is 4.98 Å². The molecule has 1 aromatic heterocycles. The first-order valence-corrected chi connectivity index (χ1v) is 7.95. The molecule has 1 saturated carbocycles. The summed E-state index contributed by atoms with van der Waals surface area (Å²) in [6.45, 7) is 0. The van der Waals surface area contributed by atoms with Gasteiger partial charge in [0, 0.05) is 27.9 Å². The average Bonchev–Trinajstić information content (AvgIpc) is 3.27. The second-order valence-corrected chi connectivity index (χ2v) is 6.61. The van der Waals surface area contributed by atoms with E-state index in [-0.39, 0.29) is 11.4 Å². The molecule has 0 amide bonds. The van der Waals surface area contributed by atoms with Crippen molar-refractivity contribution in [1.82, 2.24) is 4.98 Å². The van der Waals surface area contributed by atoms with Crippen LogP contribution in [0.3, 0.4) is 0 Å². The number of ether oxygens (including phenoxy) is 1. The lowest BCUT2D eigenvalue weighted by atomic mass is 10.1. The zero-order valence-electron chi connectivity index (χ0n) is 12.0. The van der Waals surface area contributed by atoms with Crippen LogP contribution >= 0.6 is 11.8 Å². The highest BCUT2D eigenvalue weighted by Gasteiger charge is 2.44. The van der Waals surface area contributed by atoms with Gasteiger partial charge in [-0.3, -0.25) is 9.78 Å². The molecular weight excluding hydrogens is 284 g/mol. The fourth-order valence-corrected chi connectivity index (χ4v) is 3.76. The van der Waals surface area contributed by atoms with Crippen LogP contribution in [0.5, 0.6) is 0 Å². The fraction of sp³-hybridized carbons (Fsp3) is 0.375. The minimum Gasteiger partial charge on any atom is -0.469 e. The van der Waals surface area contributed by atoms with Crippen LogP contribution in [-0.2, 0) is 9.53 Å². The maximum Gasteiger partial charge on any atom is 0.306 e. The second kappa shape index (κ2) is 5.56. The topological polar surface area (TPSA) is 65.2 Å². The molecular formula is C16H18N2O2S. The zero-order chi connectivity index (χ0) is 14.9. The Morgan fingerprint density at radius 2 is 2.24 bits per heavy atom. The number of methoxy groups -OCH3 is 1. The minimum absolute atomic E-state index is 0.111. The van der Waals surface area contributed by atoms with E-state index in [1.54, 1.807) is 18.0 Å². The molecule has 1 aliphatic rings. The molecule has 3 rings (SSSR count). The van der Waals surface area contributed by atoms with Gasteiger partial charge >= 0.3 is 5.97 Å². The zero-order valence-corrected chi connectivity index (χ0v) is 12.8. The van der Waals surface area contributed by atoms with Gasteiger partial charge in [0.15, 0.2) is 0 Å². The van der Waals surface area contributed by atoms with Gasteiger partial charge in [-0.2, -0.15) is 0 Å². The lowest BCUT2D eigenvalue weighted by Crippen LogP contribution is -2.13. The Morgan fingerprint density at radius 1 is 1.43 bits per heavy atom. The predicted octanol–water partition coefficient (Wildman–Crippen LogP) is 3.25. The molecule has 2 N–H and O–H groups in total. The van der Waals surface area contributed by atoms with E-state index in [4.69, 9.17) is 10.5 Å². The number of nitrogen functional groups attached to an aromatic ring is 1. The van der Waals surface area contributed by atoms with Gasteiger partial charge in [-0.15, -0.1) is 11.8 Å². The summed E-state index contributed by atoms with van der Waals surface area (Å²) in [5.74, 6) is 0.797. The number of aromatic nitrogens is 1. The van der Waals surface area contributed by atoms with Crippen molar-refractivity contribution in [2.45, 2.75) is 24.2 Å². The van der Waals surface area contributed by atoms with Gasteiger partial charge in [0.05, 0.1) is 19.0 Å². The van der Waals surface area contributed by atoms with Crippen molar-refractivity contribution >= 4 is 34.3 Å². The Hall–Kier alpha value is -1.75. The highest BCUT2D eigenvalue weighted by molar-refractivity contribution is 7.99. The van der Waals surface area contributed by atoms with Gasteiger partial charge < -0.3 is 10.5 Å². The van der Waals surface area contributed by atoms with Gasteiger partial charge in [-0.1, -0.05) is 0 Å². The van der Waals surface area contributed by atoms with Crippen LogP contribution in [0, 0.1) is 5.41 Å². The molecule has 0 spiro atoms. The number of nitrogens with zero attached hydrogens (tertiary/aromatic N) is 1. The molecule has 4 nitrogen and oxygen atoms in total. The Morgan fingerprint density at radius 3 is 2.95 bits per heavy atom. The summed E-state index contributed by atoms with van der Waals surface area (Å²) >= 11 is 1.75. The number of thioether (sulfide) groups is 1. The lowest BCUT2D eigenvalue weighted by Gasteiger charge is -2.14. The van der Waals surface area contributed by atoms with Crippen LogP contribution in [0.1, 0.15) is 19.3 Å². The highest BCUT2D eigenvalue weighted by Crippen LogP contribution is 2.52. The van der Waals surface area contributed by atoms with Crippen molar-refractivity contribution in [3.63, 3.8) is 0 Å². The molecule has 2 aromatic rings. The van der Waals surface area contributed by atoms with Crippen molar-refractivity contribution in [1.29, 1.82) is 0 Å². The summed E-state index contributed by atoms with van der Waals surface area (Å²) < 4.78 is 4.79. The molecule has 1 aliphatic carbocycles. The summed E-state index contributed by atoms with van der Waals surface area (Å²) in [5.41, 5.74) is 7.79. The summed E-state index contributed by atoms with van der Waals surface area (Å²) in [4.78, 5) is 17.0. The number of pyridine rings is 1. The molecule has 21 heavy (non-hydrogen) atoms. The number of hydrogen-bond donors (Lipinski definition) is 1. The molecule has 5 heteroatoms. The summed E-state index contributed by atoms with van der Waals surface area (Å²) in [5, 5.41) is 0.986. The highest BCUT2D eigenvalue weighted by atomic mass is 32.2. The Balaban J connectivity index is 1.77. The van der Waals surface area contributed by atoms with Crippen molar-refractivity contribution < 1.29 is 9.53 Å². The van der Waals surface area contributed by atoms with Crippen molar-refractivity contribution in [3.05, 3.63) is 30.5 Å². The van der Waals surface area contributed by atoms with Gasteiger partial charge in [0.2, 0.25) is 0 Å². The quantitative estimate of drug-likeness (QED) is 0.522. The van der Waals surface area contributed by atoms with Crippen LogP contribution in [0.2, 0.25) is 0 Å². The van der Waals surface area contributed by atoms with Crippen LogP contribution in [0.15, 0.2) is 35.4 Å². The summed E-state index contributed by atoms with van der Waals surface area (Å²) in [6, 6.07) is 7.83. The first-order chi connectivity index (χ1) is 10.1. The maximum atomic E-state index is 11.5. The number of carbonyl (C=O) groups excluding carboxylic acids is 1. The normalized spacial score (nSPS) is 15.9. The number of fused-ring (bicyclic) bond motifs is 1. The SMILES string of the molecule is COC(=O)CC1(CSc2ccc(N)c3cccnc23)CC1.